The summed E-state index contributed by atoms with van der Waals surface area (Å²) in [5.41, 5.74) is -0.0240. The van der Waals surface area contributed by atoms with Gasteiger partial charge in [0.25, 0.3) is 5.92 Å². The van der Waals surface area contributed by atoms with Gasteiger partial charge in [0, 0.05) is 11.6 Å². The highest BCUT2D eigenvalue weighted by molar-refractivity contribution is 7.27. The average Bonchev–Trinajstić information content (AvgIpc) is 2.65. The summed E-state index contributed by atoms with van der Waals surface area (Å²) >= 11 is 5.98. The molecule has 1 aromatic carbocycles. The fourth-order valence-electron chi connectivity index (χ4n) is 2.72. The van der Waals surface area contributed by atoms with E-state index in [0.717, 1.165) is 11.3 Å². The summed E-state index contributed by atoms with van der Waals surface area (Å²) in [7, 11) is 2.43. The topological polar surface area (TPSA) is 89.8 Å². The summed E-state index contributed by atoms with van der Waals surface area (Å²) < 4.78 is 36.6. The van der Waals surface area contributed by atoms with E-state index in [1.165, 1.54) is 18.3 Å². The van der Waals surface area contributed by atoms with Crippen molar-refractivity contribution >= 4 is 32.5 Å². The second-order valence-corrected chi connectivity index (χ2v) is 8.05. The normalized spacial score (nSPS) is 13.1. The summed E-state index contributed by atoms with van der Waals surface area (Å²) in [5.74, 6) is 6.94. The monoisotopic (exact) mass is 443 g/mol. The molecule has 4 N–H and O–H groups in total. The molecule has 0 aliphatic heterocycles. The van der Waals surface area contributed by atoms with Gasteiger partial charge in [-0.25, -0.2) is 5.84 Å². The van der Waals surface area contributed by atoms with Crippen LogP contribution in [-0.4, -0.2) is 29.5 Å². The lowest BCUT2D eigenvalue weighted by Gasteiger charge is -2.30. The van der Waals surface area contributed by atoms with Gasteiger partial charge in [-0.2, -0.15) is 13.9 Å². The molecule has 0 spiro atoms. The van der Waals surface area contributed by atoms with Crippen molar-refractivity contribution in [3.05, 3.63) is 52.8 Å². The molecule has 2 unspecified atom stereocenters. The highest BCUT2D eigenvalue weighted by Gasteiger charge is 2.45. The standard InChI is InChI=1S/C19H25ClF2N5OP/c1-12(2)10-28-14-4-6-18(25-8-14)19(21,22)16(9-27(24)11-26-23)15-5-3-13(20)7-17(15)29/h3-8,11-12,16H,9-10,23-24,29H2,1-2H3/b26-11-. The molecule has 0 saturated carbocycles. The number of halogens is 3. The lowest BCUT2D eigenvalue weighted by Crippen LogP contribution is -2.41. The molecule has 158 valence electrons. The second-order valence-electron chi connectivity index (χ2n) is 6.99. The van der Waals surface area contributed by atoms with E-state index in [1.807, 2.05) is 13.8 Å². The largest absolute Gasteiger partial charge is 0.492 e. The maximum atomic E-state index is 15.5. The Bertz CT molecular complexity index is 836. The predicted molar refractivity (Wildman–Crippen MR) is 116 cm³/mol. The van der Waals surface area contributed by atoms with Gasteiger partial charge < -0.3 is 10.6 Å². The van der Waals surface area contributed by atoms with Gasteiger partial charge in [-0.05, 0) is 41.1 Å². The fourth-order valence-corrected chi connectivity index (χ4v) is 3.48. The Labute approximate surface area is 176 Å². The van der Waals surface area contributed by atoms with Crippen LogP contribution in [-0.2, 0) is 5.92 Å². The molecule has 6 nitrogen and oxygen atoms in total. The molecule has 0 aliphatic rings. The first-order valence-electron chi connectivity index (χ1n) is 8.92. The molecule has 10 heteroatoms. The van der Waals surface area contributed by atoms with E-state index in [1.54, 1.807) is 18.2 Å². The molecule has 0 radical (unpaired) electrons. The molecule has 0 fully saturated rings. The lowest BCUT2D eigenvalue weighted by atomic mass is 9.89. The van der Waals surface area contributed by atoms with Gasteiger partial charge >= 0.3 is 0 Å². The summed E-state index contributed by atoms with van der Waals surface area (Å²) in [6, 6.07) is 7.46. The summed E-state index contributed by atoms with van der Waals surface area (Å²) in [6.07, 6.45) is 2.38. The van der Waals surface area contributed by atoms with Crippen LogP contribution >= 0.6 is 20.8 Å². The van der Waals surface area contributed by atoms with Crippen LogP contribution in [0.5, 0.6) is 5.75 Å². The molecule has 0 saturated heterocycles. The Morgan fingerprint density at radius 1 is 1.34 bits per heavy atom. The minimum absolute atomic E-state index is 0.246. The maximum absolute atomic E-state index is 15.5. The number of hydrogen-bond donors (Lipinski definition) is 2. The summed E-state index contributed by atoms with van der Waals surface area (Å²) in [6.45, 7) is 4.22. The average molecular weight is 444 g/mol. The Balaban J connectivity index is 2.39. The van der Waals surface area contributed by atoms with E-state index in [4.69, 9.17) is 28.0 Å². The molecule has 1 heterocycles. The Hall–Kier alpha value is -2.02. The van der Waals surface area contributed by atoms with Crippen molar-refractivity contribution in [1.82, 2.24) is 9.99 Å². The van der Waals surface area contributed by atoms with Gasteiger partial charge in [0.2, 0.25) is 0 Å². The van der Waals surface area contributed by atoms with E-state index >= 15 is 8.78 Å². The molecular formula is C19H25ClF2N5OP. The number of rotatable bonds is 9. The molecule has 1 aromatic heterocycles. The van der Waals surface area contributed by atoms with E-state index in [9.17, 15) is 0 Å². The zero-order chi connectivity index (χ0) is 21.6. The number of hydrogen-bond acceptors (Lipinski definition) is 5. The number of hydrazone groups is 1. The fraction of sp³-hybridized carbons (Fsp3) is 0.368. The zero-order valence-corrected chi connectivity index (χ0v) is 18.1. The number of aromatic nitrogens is 1. The van der Waals surface area contributed by atoms with Gasteiger partial charge in [0.1, 0.15) is 17.8 Å². The van der Waals surface area contributed by atoms with Crippen molar-refractivity contribution in [3.8, 4) is 5.75 Å². The van der Waals surface area contributed by atoms with E-state index < -0.39 is 17.5 Å². The number of ether oxygens (including phenoxy) is 1. The number of pyridine rings is 1. The number of hydrazine groups is 1. The number of nitrogens with zero attached hydrogens (tertiary/aromatic N) is 3. The Morgan fingerprint density at radius 2 is 2.07 bits per heavy atom. The van der Waals surface area contributed by atoms with Crippen LogP contribution in [0.15, 0.2) is 41.6 Å². The van der Waals surface area contributed by atoms with Crippen LogP contribution in [0.3, 0.4) is 0 Å². The van der Waals surface area contributed by atoms with Crippen LogP contribution in [0.4, 0.5) is 8.78 Å². The smallest absolute Gasteiger partial charge is 0.298 e. The third-order valence-electron chi connectivity index (χ3n) is 4.13. The van der Waals surface area contributed by atoms with Gasteiger partial charge in [-0.3, -0.25) is 9.99 Å². The molecule has 2 aromatic rings. The summed E-state index contributed by atoms with van der Waals surface area (Å²) in [4.78, 5) is 3.95. The van der Waals surface area contributed by atoms with Crippen LogP contribution < -0.4 is 21.7 Å². The minimum Gasteiger partial charge on any atom is -0.492 e. The van der Waals surface area contributed by atoms with Crippen molar-refractivity contribution in [2.45, 2.75) is 25.7 Å². The van der Waals surface area contributed by atoms with Crippen LogP contribution in [0.2, 0.25) is 5.02 Å². The van der Waals surface area contributed by atoms with Crippen molar-refractivity contribution in [2.24, 2.45) is 22.7 Å². The predicted octanol–water partition coefficient (Wildman–Crippen LogP) is 3.22. The van der Waals surface area contributed by atoms with Gasteiger partial charge in [0.05, 0.1) is 18.7 Å². The van der Waals surface area contributed by atoms with Crippen molar-refractivity contribution in [1.29, 1.82) is 0 Å². The van der Waals surface area contributed by atoms with E-state index in [0.29, 0.717) is 34.2 Å². The van der Waals surface area contributed by atoms with Crippen molar-refractivity contribution in [2.75, 3.05) is 13.2 Å². The van der Waals surface area contributed by atoms with Crippen molar-refractivity contribution < 1.29 is 13.5 Å². The first kappa shape index (κ1) is 23.3. The van der Waals surface area contributed by atoms with E-state index in [-0.39, 0.29) is 6.54 Å². The Morgan fingerprint density at radius 3 is 2.62 bits per heavy atom. The molecule has 0 amide bonds. The zero-order valence-electron chi connectivity index (χ0n) is 16.2. The molecule has 29 heavy (non-hydrogen) atoms. The molecular weight excluding hydrogens is 419 g/mol. The summed E-state index contributed by atoms with van der Waals surface area (Å²) in [5, 5.41) is 5.29. The number of benzene rings is 1. The quantitative estimate of drug-likeness (QED) is 0.204. The van der Waals surface area contributed by atoms with Gasteiger partial charge in [-0.1, -0.05) is 31.5 Å². The first-order valence-corrected chi connectivity index (χ1v) is 9.87. The number of nitrogens with two attached hydrogens (primary N) is 2. The van der Waals surface area contributed by atoms with E-state index in [2.05, 4.69) is 19.3 Å². The Kier molecular flexibility index (Phi) is 8.14. The highest BCUT2D eigenvalue weighted by Crippen LogP contribution is 2.42. The van der Waals surface area contributed by atoms with Gasteiger partial charge in [0.15, 0.2) is 0 Å². The van der Waals surface area contributed by atoms with Crippen LogP contribution in [0.25, 0.3) is 0 Å². The highest BCUT2D eigenvalue weighted by atomic mass is 35.5. The maximum Gasteiger partial charge on any atom is 0.298 e. The van der Waals surface area contributed by atoms with Crippen LogP contribution in [0, 0.1) is 5.92 Å². The third-order valence-corrected chi connectivity index (χ3v) is 4.87. The molecule has 2 atom stereocenters. The lowest BCUT2D eigenvalue weighted by molar-refractivity contribution is -0.0430. The molecule has 2 rings (SSSR count). The third kappa shape index (κ3) is 6.23. The van der Waals surface area contributed by atoms with Crippen molar-refractivity contribution in [3.63, 3.8) is 0 Å². The second kappa shape index (κ2) is 10.1. The minimum atomic E-state index is -3.34. The molecule has 0 bridgehead atoms. The van der Waals surface area contributed by atoms with Gasteiger partial charge in [-0.15, -0.1) is 9.24 Å². The van der Waals surface area contributed by atoms with Crippen LogP contribution in [0.1, 0.15) is 31.0 Å². The first-order chi connectivity index (χ1) is 13.6. The molecule has 0 aliphatic carbocycles. The number of alkyl halides is 2. The SMILES string of the molecule is CC(C)COc1ccc(C(F)(F)C(CN(N)/C=N\N)c2ccc(Cl)cc2P)nc1.